The molecule has 4 N–H and O–H groups in total. The second-order valence-corrected chi connectivity index (χ2v) is 4.74. The number of para-hydroxylation sites is 1. The number of amides is 1. The molecule has 0 aromatic heterocycles. The molecule has 7 heteroatoms. The third-order valence-electron chi connectivity index (χ3n) is 3.15. The van der Waals surface area contributed by atoms with Crippen molar-refractivity contribution >= 4 is 17.3 Å². The van der Waals surface area contributed by atoms with Crippen LogP contribution in [0.5, 0.6) is 5.75 Å². The van der Waals surface area contributed by atoms with E-state index in [1.807, 2.05) is 0 Å². The molecule has 1 amide bonds. The molecule has 0 atom stereocenters. The molecule has 110 valence electrons. The molecule has 2 rings (SSSR count). The van der Waals surface area contributed by atoms with E-state index in [0.29, 0.717) is 0 Å². The minimum Gasteiger partial charge on any atom is -0.505 e. The van der Waals surface area contributed by atoms with Crippen LogP contribution in [0.15, 0.2) is 27.8 Å². The van der Waals surface area contributed by atoms with Crippen molar-refractivity contribution in [3.8, 4) is 5.75 Å². The van der Waals surface area contributed by atoms with Crippen LogP contribution in [0.4, 0.5) is 11.4 Å². The fraction of sp³-hybridized carbons (Fsp3) is 0.214. The monoisotopic (exact) mass is 289 g/mol. The van der Waals surface area contributed by atoms with Crippen LogP contribution >= 0.6 is 0 Å². The number of aromatic hydroxyl groups is 1. The molecule has 0 bridgehead atoms. The van der Waals surface area contributed by atoms with E-state index in [9.17, 15) is 19.5 Å². The molecule has 0 aliphatic heterocycles. The number of nitrogens with two attached hydrogens (primary N) is 1. The molecule has 0 aliphatic rings. The molecule has 0 saturated heterocycles. The summed E-state index contributed by atoms with van der Waals surface area (Å²) in [6.07, 6.45) is 0. The van der Waals surface area contributed by atoms with Gasteiger partial charge in [0.15, 0.2) is 5.75 Å². The molecule has 0 saturated carbocycles. The van der Waals surface area contributed by atoms with E-state index in [-0.39, 0.29) is 40.7 Å². The maximum atomic E-state index is 11.9. The Morgan fingerprint density at radius 1 is 1.29 bits per heavy atom. The van der Waals surface area contributed by atoms with Gasteiger partial charge in [-0.1, -0.05) is 6.07 Å². The first-order valence-corrected chi connectivity index (χ1v) is 6.21. The Morgan fingerprint density at radius 3 is 2.52 bits per heavy atom. The summed E-state index contributed by atoms with van der Waals surface area (Å²) >= 11 is 0. The number of phenolic OH excluding ortho intramolecular Hbond substituents is 1. The van der Waals surface area contributed by atoms with E-state index < -0.39 is 10.9 Å². The Bertz CT molecular complexity index is 773. The van der Waals surface area contributed by atoms with Gasteiger partial charge in [-0.15, -0.1) is 0 Å². The summed E-state index contributed by atoms with van der Waals surface area (Å²) in [4.78, 5) is 36.0. The number of carbonyl (C=O) groups excluding carboxylic acids is 1. The summed E-state index contributed by atoms with van der Waals surface area (Å²) in [5, 5.41) is 12.8. The Hall–Kier alpha value is -2.67. The molecule has 21 heavy (non-hydrogen) atoms. The van der Waals surface area contributed by atoms with Crippen LogP contribution in [0.2, 0.25) is 0 Å². The highest BCUT2D eigenvalue weighted by Gasteiger charge is 2.22. The van der Waals surface area contributed by atoms with Gasteiger partial charge in [0.2, 0.25) is 10.9 Å². The Labute approximate surface area is 120 Å². The topological polar surface area (TPSA) is 113 Å². The van der Waals surface area contributed by atoms with Crippen LogP contribution in [0.3, 0.4) is 0 Å². The zero-order valence-corrected chi connectivity index (χ0v) is 11.6. The van der Waals surface area contributed by atoms with E-state index in [4.69, 9.17) is 5.73 Å². The summed E-state index contributed by atoms with van der Waals surface area (Å²) < 4.78 is 0. The fourth-order valence-corrected chi connectivity index (χ4v) is 1.96. The van der Waals surface area contributed by atoms with Gasteiger partial charge in [0.25, 0.3) is 5.91 Å². The second kappa shape index (κ2) is 5.37. The minimum atomic E-state index is -0.681. The number of rotatable bonds is 4. The van der Waals surface area contributed by atoms with Gasteiger partial charge in [-0.25, -0.2) is 0 Å². The average molecular weight is 289 g/mol. The third kappa shape index (κ3) is 2.38. The maximum Gasteiger partial charge on any atom is 0.257 e. The highest BCUT2D eigenvalue weighted by molar-refractivity contribution is 5.98. The first kappa shape index (κ1) is 14.7. The summed E-state index contributed by atoms with van der Waals surface area (Å²) in [6, 6.07) is 4.53. The van der Waals surface area contributed by atoms with E-state index >= 15 is 0 Å². The predicted octanol–water partition coefficient (Wildman–Crippen LogP) is -0.108. The molecule has 0 fully saturated rings. The third-order valence-corrected chi connectivity index (χ3v) is 3.15. The number of benzene rings is 1. The van der Waals surface area contributed by atoms with E-state index in [1.165, 1.54) is 17.0 Å². The number of carbonyl (C=O) groups is 1. The molecule has 0 unspecified atom stereocenters. The van der Waals surface area contributed by atoms with Gasteiger partial charge in [0.05, 0.1) is 16.9 Å². The number of hydrogen-bond acceptors (Lipinski definition) is 6. The zero-order chi connectivity index (χ0) is 15.7. The largest absolute Gasteiger partial charge is 0.505 e. The van der Waals surface area contributed by atoms with Crippen LogP contribution in [-0.4, -0.2) is 30.0 Å². The SMILES string of the molecule is CN(C)C(=O)c1cccc(Nc2c(CN)c(=O)c2=O)c1O. The minimum absolute atomic E-state index is 0.0623. The van der Waals surface area contributed by atoms with Crippen molar-refractivity contribution in [1.82, 2.24) is 4.90 Å². The number of nitrogens with one attached hydrogen (secondary N) is 1. The molecule has 0 radical (unpaired) electrons. The number of nitrogens with zero attached hydrogens (tertiary/aromatic N) is 1. The number of hydrogen-bond donors (Lipinski definition) is 3. The van der Waals surface area contributed by atoms with Crippen molar-refractivity contribution in [2.75, 3.05) is 19.4 Å². The highest BCUT2D eigenvalue weighted by atomic mass is 16.3. The van der Waals surface area contributed by atoms with Crippen molar-refractivity contribution < 1.29 is 9.90 Å². The number of phenols is 1. The molecule has 2 aromatic rings. The van der Waals surface area contributed by atoms with E-state index in [0.717, 1.165) is 0 Å². The van der Waals surface area contributed by atoms with Gasteiger partial charge in [-0.2, -0.15) is 0 Å². The quantitative estimate of drug-likeness (QED) is 0.535. The highest BCUT2D eigenvalue weighted by Crippen LogP contribution is 2.30. The Balaban J connectivity index is 2.41. The van der Waals surface area contributed by atoms with Gasteiger partial charge < -0.3 is 21.1 Å². The van der Waals surface area contributed by atoms with Gasteiger partial charge in [0, 0.05) is 26.2 Å². The van der Waals surface area contributed by atoms with Crippen LogP contribution in [0.1, 0.15) is 15.9 Å². The van der Waals surface area contributed by atoms with Crippen molar-refractivity contribution in [3.63, 3.8) is 0 Å². The smallest absolute Gasteiger partial charge is 0.257 e. The van der Waals surface area contributed by atoms with Crippen molar-refractivity contribution in [3.05, 3.63) is 49.8 Å². The molecular weight excluding hydrogens is 274 g/mol. The average Bonchev–Trinajstić information content (AvgIpc) is 2.47. The van der Waals surface area contributed by atoms with Crippen LogP contribution in [-0.2, 0) is 6.54 Å². The predicted molar refractivity (Wildman–Crippen MR) is 78.7 cm³/mol. The maximum absolute atomic E-state index is 11.9. The lowest BCUT2D eigenvalue weighted by Crippen LogP contribution is -2.39. The van der Waals surface area contributed by atoms with E-state index in [1.54, 1.807) is 20.2 Å². The summed E-state index contributed by atoms with van der Waals surface area (Å²) in [7, 11) is 3.12. The van der Waals surface area contributed by atoms with Crippen LogP contribution in [0.25, 0.3) is 0 Å². The fourth-order valence-electron chi connectivity index (χ4n) is 1.96. The first-order valence-electron chi connectivity index (χ1n) is 6.21. The lowest BCUT2D eigenvalue weighted by molar-refractivity contribution is 0.0825. The van der Waals surface area contributed by atoms with Gasteiger partial charge in [-0.3, -0.25) is 14.4 Å². The van der Waals surface area contributed by atoms with Crippen LogP contribution in [0, 0.1) is 0 Å². The molecule has 7 nitrogen and oxygen atoms in total. The van der Waals surface area contributed by atoms with Gasteiger partial charge >= 0.3 is 0 Å². The summed E-state index contributed by atoms with van der Waals surface area (Å²) in [6.45, 7) is -0.0655. The Kier molecular flexibility index (Phi) is 3.77. The Morgan fingerprint density at radius 2 is 1.95 bits per heavy atom. The number of anilines is 2. The zero-order valence-electron chi connectivity index (χ0n) is 11.6. The first-order chi connectivity index (χ1) is 9.88. The lowest BCUT2D eigenvalue weighted by atomic mass is 10.1. The van der Waals surface area contributed by atoms with Crippen molar-refractivity contribution in [2.45, 2.75) is 6.54 Å². The summed E-state index contributed by atoms with van der Waals surface area (Å²) in [5.41, 5.74) is 4.60. The molecular formula is C14H15N3O4. The van der Waals surface area contributed by atoms with Crippen molar-refractivity contribution in [2.24, 2.45) is 5.73 Å². The lowest BCUT2D eigenvalue weighted by Gasteiger charge is -2.16. The summed E-state index contributed by atoms with van der Waals surface area (Å²) in [5.74, 6) is -0.660. The molecule has 0 aliphatic carbocycles. The molecule has 0 spiro atoms. The standard InChI is InChI=1S/C14H15N3O4/c1-17(2)14(21)7-4-3-5-9(11(7)18)16-10-8(6-15)12(19)13(10)20/h3-5,16,18H,6,15H2,1-2H3. The van der Waals surface area contributed by atoms with Crippen LogP contribution < -0.4 is 21.9 Å². The second-order valence-electron chi connectivity index (χ2n) is 4.74. The van der Waals surface area contributed by atoms with Gasteiger partial charge in [0.1, 0.15) is 0 Å². The molecule has 2 aromatic carbocycles. The van der Waals surface area contributed by atoms with Crippen molar-refractivity contribution in [1.29, 1.82) is 0 Å². The normalized spacial score (nSPS) is 10.6. The molecule has 0 heterocycles. The van der Waals surface area contributed by atoms with E-state index in [2.05, 4.69) is 5.32 Å². The van der Waals surface area contributed by atoms with Gasteiger partial charge in [-0.05, 0) is 12.1 Å².